The molecule has 26 heavy (non-hydrogen) atoms. The maximum atomic E-state index is 12.6. The molecular formula is C20H23N3O3. The molecule has 0 spiro atoms. The van der Waals surface area contributed by atoms with Gasteiger partial charge >= 0.3 is 6.03 Å². The van der Waals surface area contributed by atoms with Crippen LogP contribution in [0.3, 0.4) is 0 Å². The summed E-state index contributed by atoms with van der Waals surface area (Å²) < 4.78 is 5.28. The summed E-state index contributed by atoms with van der Waals surface area (Å²) in [5.74, 6) is 0.547. The van der Waals surface area contributed by atoms with E-state index >= 15 is 0 Å². The van der Waals surface area contributed by atoms with E-state index in [2.05, 4.69) is 5.32 Å². The molecule has 0 aromatic heterocycles. The highest BCUT2D eigenvalue weighted by molar-refractivity contribution is 5.96. The normalized spacial score (nSPS) is 13.8. The number of anilines is 1. The Hall–Kier alpha value is -3.02. The number of rotatable bonds is 6. The van der Waals surface area contributed by atoms with Crippen molar-refractivity contribution in [1.82, 2.24) is 10.2 Å². The lowest BCUT2D eigenvalue weighted by molar-refractivity contribution is -0.121. The predicted molar refractivity (Wildman–Crippen MR) is 100 cm³/mol. The number of aryl methyl sites for hydroxylation is 1. The second-order valence-electron chi connectivity index (χ2n) is 6.28. The Labute approximate surface area is 153 Å². The average molecular weight is 353 g/mol. The highest BCUT2D eigenvalue weighted by Gasteiger charge is 2.30. The van der Waals surface area contributed by atoms with E-state index < -0.39 is 0 Å². The number of amides is 3. The molecule has 0 radical (unpaired) electrons. The Kier molecular flexibility index (Phi) is 5.41. The number of nitrogens with one attached hydrogen (secondary N) is 1. The van der Waals surface area contributed by atoms with Crippen LogP contribution in [0.5, 0.6) is 5.75 Å². The summed E-state index contributed by atoms with van der Waals surface area (Å²) in [6.07, 6.45) is 0. The topological polar surface area (TPSA) is 61.9 Å². The molecule has 1 fully saturated rings. The number of hydrogen-bond acceptors (Lipinski definition) is 3. The first-order valence-electron chi connectivity index (χ1n) is 8.60. The molecule has 0 aliphatic carbocycles. The van der Waals surface area contributed by atoms with Gasteiger partial charge in [0.05, 0.1) is 7.11 Å². The van der Waals surface area contributed by atoms with Crippen molar-refractivity contribution in [2.75, 3.05) is 31.6 Å². The maximum absolute atomic E-state index is 12.6. The van der Waals surface area contributed by atoms with E-state index in [0.29, 0.717) is 19.6 Å². The van der Waals surface area contributed by atoms with Gasteiger partial charge in [0.25, 0.3) is 0 Å². The first kappa shape index (κ1) is 17.8. The summed E-state index contributed by atoms with van der Waals surface area (Å²) in [6.45, 7) is 3.55. The van der Waals surface area contributed by atoms with Gasteiger partial charge in [-0.1, -0.05) is 35.9 Å². The molecule has 2 aromatic rings. The van der Waals surface area contributed by atoms with Crippen molar-refractivity contribution in [2.45, 2.75) is 13.5 Å². The number of para-hydroxylation sites is 1. The number of ether oxygens (including phenoxy) is 1. The molecule has 3 rings (SSSR count). The molecule has 6 heteroatoms. The fourth-order valence-electron chi connectivity index (χ4n) is 2.97. The zero-order valence-electron chi connectivity index (χ0n) is 15.1. The number of benzene rings is 2. The number of carbonyl (C=O) groups excluding carboxylic acids is 2. The predicted octanol–water partition coefficient (Wildman–Crippen LogP) is 2.56. The second kappa shape index (κ2) is 7.91. The van der Waals surface area contributed by atoms with E-state index in [0.717, 1.165) is 22.6 Å². The number of methoxy groups -OCH3 is 1. The Balaban J connectivity index is 1.55. The molecule has 136 valence electrons. The molecular weight excluding hydrogens is 330 g/mol. The van der Waals surface area contributed by atoms with E-state index in [9.17, 15) is 9.59 Å². The minimum atomic E-state index is -0.185. The van der Waals surface area contributed by atoms with Gasteiger partial charge in [0.2, 0.25) is 5.91 Å². The van der Waals surface area contributed by atoms with E-state index in [1.807, 2.05) is 55.5 Å². The summed E-state index contributed by atoms with van der Waals surface area (Å²) in [5, 5.41) is 2.85. The van der Waals surface area contributed by atoms with Crippen molar-refractivity contribution in [3.05, 3.63) is 59.7 Å². The highest BCUT2D eigenvalue weighted by atomic mass is 16.5. The molecule has 1 N–H and O–H groups in total. The third-order valence-electron chi connectivity index (χ3n) is 4.44. The van der Waals surface area contributed by atoms with Crippen LogP contribution in [0.2, 0.25) is 0 Å². The molecule has 0 unspecified atom stereocenters. The zero-order chi connectivity index (χ0) is 18.5. The van der Waals surface area contributed by atoms with Crippen LogP contribution in [0.4, 0.5) is 10.5 Å². The van der Waals surface area contributed by atoms with Gasteiger partial charge < -0.3 is 15.0 Å². The Morgan fingerprint density at radius 3 is 2.58 bits per heavy atom. The fourth-order valence-corrected chi connectivity index (χ4v) is 2.97. The monoisotopic (exact) mass is 353 g/mol. The van der Waals surface area contributed by atoms with Gasteiger partial charge in [-0.25, -0.2) is 4.79 Å². The number of urea groups is 1. The van der Waals surface area contributed by atoms with Crippen LogP contribution >= 0.6 is 0 Å². The van der Waals surface area contributed by atoms with Crippen molar-refractivity contribution >= 4 is 17.6 Å². The van der Waals surface area contributed by atoms with Gasteiger partial charge in [0, 0.05) is 30.9 Å². The van der Waals surface area contributed by atoms with E-state index in [4.69, 9.17) is 4.74 Å². The van der Waals surface area contributed by atoms with Crippen molar-refractivity contribution in [2.24, 2.45) is 0 Å². The maximum Gasteiger partial charge on any atom is 0.325 e. The van der Waals surface area contributed by atoms with Crippen molar-refractivity contribution < 1.29 is 14.3 Å². The number of hydrogen-bond donors (Lipinski definition) is 1. The minimum absolute atomic E-state index is 0.0519. The third kappa shape index (κ3) is 3.96. The first-order chi connectivity index (χ1) is 12.6. The van der Waals surface area contributed by atoms with Gasteiger partial charge in [-0.3, -0.25) is 9.69 Å². The summed E-state index contributed by atoms with van der Waals surface area (Å²) in [4.78, 5) is 28.1. The first-order valence-corrected chi connectivity index (χ1v) is 8.60. The lowest BCUT2D eigenvalue weighted by atomic mass is 10.2. The molecule has 0 bridgehead atoms. The Morgan fingerprint density at radius 1 is 1.12 bits per heavy atom. The molecule has 6 nitrogen and oxygen atoms in total. The second-order valence-corrected chi connectivity index (χ2v) is 6.28. The quantitative estimate of drug-likeness (QED) is 0.868. The van der Waals surface area contributed by atoms with Gasteiger partial charge in [0.1, 0.15) is 12.3 Å². The number of nitrogens with zero attached hydrogens (tertiary/aromatic N) is 2. The molecule has 1 aliphatic rings. The van der Waals surface area contributed by atoms with Crippen LogP contribution in [0.15, 0.2) is 48.5 Å². The van der Waals surface area contributed by atoms with E-state index in [1.54, 1.807) is 16.9 Å². The lowest BCUT2D eigenvalue weighted by Gasteiger charge is -2.18. The largest absolute Gasteiger partial charge is 0.496 e. The summed E-state index contributed by atoms with van der Waals surface area (Å²) in [6, 6.07) is 15.2. The van der Waals surface area contributed by atoms with Crippen LogP contribution in [-0.4, -0.2) is 43.6 Å². The zero-order valence-corrected chi connectivity index (χ0v) is 15.1. The molecule has 0 saturated carbocycles. The fraction of sp³-hybridized carbons (Fsp3) is 0.300. The number of carbonyl (C=O) groups is 2. The SMILES string of the molecule is COc1ccccc1CNC(=O)CN1CCN(c2ccc(C)cc2)C1=O. The van der Waals surface area contributed by atoms with Crippen LogP contribution in [-0.2, 0) is 11.3 Å². The van der Waals surface area contributed by atoms with Gasteiger partial charge in [-0.2, -0.15) is 0 Å². The Bertz CT molecular complexity index is 789. The Morgan fingerprint density at radius 2 is 1.85 bits per heavy atom. The van der Waals surface area contributed by atoms with Crippen LogP contribution in [0.25, 0.3) is 0 Å². The molecule has 1 aliphatic heterocycles. The van der Waals surface area contributed by atoms with Gasteiger partial charge in [-0.15, -0.1) is 0 Å². The smallest absolute Gasteiger partial charge is 0.325 e. The third-order valence-corrected chi connectivity index (χ3v) is 4.44. The summed E-state index contributed by atoms with van der Waals surface area (Å²) >= 11 is 0. The van der Waals surface area contributed by atoms with E-state index in [-0.39, 0.29) is 18.5 Å². The van der Waals surface area contributed by atoms with Crippen LogP contribution in [0.1, 0.15) is 11.1 Å². The standard InChI is InChI=1S/C20H23N3O3/c1-15-7-9-17(10-8-15)23-12-11-22(20(23)25)14-19(24)21-13-16-5-3-4-6-18(16)26-2/h3-10H,11-14H2,1-2H3,(H,21,24). The summed E-state index contributed by atoms with van der Waals surface area (Å²) in [7, 11) is 1.60. The molecule has 2 aromatic carbocycles. The van der Waals surface area contributed by atoms with E-state index in [1.165, 1.54) is 0 Å². The van der Waals surface area contributed by atoms with Gasteiger partial charge in [0.15, 0.2) is 0 Å². The molecule has 3 amide bonds. The molecule has 0 atom stereocenters. The van der Waals surface area contributed by atoms with Crippen molar-refractivity contribution in [3.63, 3.8) is 0 Å². The highest BCUT2D eigenvalue weighted by Crippen LogP contribution is 2.21. The van der Waals surface area contributed by atoms with Gasteiger partial charge in [-0.05, 0) is 25.1 Å². The molecule has 1 heterocycles. The van der Waals surface area contributed by atoms with Crippen molar-refractivity contribution in [1.29, 1.82) is 0 Å². The average Bonchev–Trinajstić information content (AvgIpc) is 3.01. The molecule has 1 saturated heterocycles. The van der Waals surface area contributed by atoms with Crippen molar-refractivity contribution in [3.8, 4) is 5.75 Å². The minimum Gasteiger partial charge on any atom is -0.496 e. The summed E-state index contributed by atoms with van der Waals surface area (Å²) in [5.41, 5.74) is 2.91. The van der Waals surface area contributed by atoms with Crippen LogP contribution < -0.4 is 15.0 Å². The van der Waals surface area contributed by atoms with Crippen LogP contribution in [0, 0.1) is 6.92 Å². The lowest BCUT2D eigenvalue weighted by Crippen LogP contribution is -2.39.